The minimum atomic E-state index is -0.0398. The molecule has 6 nitrogen and oxygen atoms in total. The molecule has 0 saturated carbocycles. The highest BCUT2D eigenvalue weighted by Gasteiger charge is 2.24. The maximum absolute atomic E-state index is 11.7. The molecule has 96 valence electrons. The van der Waals surface area contributed by atoms with E-state index >= 15 is 0 Å². The second-order valence-electron chi connectivity index (χ2n) is 4.89. The van der Waals surface area contributed by atoms with E-state index in [9.17, 15) is 9.59 Å². The number of nitrogens with one attached hydrogen (secondary N) is 2. The molecule has 2 aliphatic rings. The molecule has 0 aromatic rings. The molecule has 2 saturated heterocycles. The topological polar surface area (TPSA) is 87.5 Å². The van der Waals surface area contributed by atoms with Gasteiger partial charge in [0.05, 0.1) is 12.6 Å². The number of hydrogen-bond acceptors (Lipinski definition) is 4. The molecule has 1 atom stereocenters. The molecule has 0 bridgehead atoms. The van der Waals surface area contributed by atoms with Crippen molar-refractivity contribution < 1.29 is 9.59 Å². The van der Waals surface area contributed by atoms with E-state index < -0.39 is 0 Å². The highest BCUT2D eigenvalue weighted by molar-refractivity contribution is 5.82. The summed E-state index contributed by atoms with van der Waals surface area (Å²) in [5.74, 6) is 0.0150. The number of carbonyl (C=O) groups is 2. The highest BCUT2D eigenvalue weighted by atomic mass is 16.2. The van der Waals surface area contributed by atoms with Crippen molar-refractivity contribution in [3.05, 3.63) is 0 Å². The lowest BCUT2D eigenvalue weighted by atomic mass is 10.1. The average Bonchev–Trinajstić information content (AvgIpc) is 2.67. The summed E-state index contributed by atoms with van der Waals surface area (Å²) >= 11 is 0. The Hall–Kier alpha value is -1.14. The number of nitrogens with zero attached hydrogens (tertiary/aromatic N) is 1. The predicted molar refractivity (Wildman–Crippen MR) is 63.2 cm³/mol. The number of likely N-dealkylation sites (tertiary alicyclic amines) is 1. The van der Waals surface area contributed by atoms with Crippen molar-refractivity contribution in [1.82, 2.24) is 15.5 Å². The third kappa shape index (κ3) is 3.67. The van der Waals surface area contributed by atoms with Crippen molar-refractivity contribution in [3.63, 3.8) is 0 Å². The number of nitrogens with two attached hydrogens (primary N) is 1. The van der Waals surface area contributed by atoms with Gasteiger partial charge < -0.3 is 16.4 Å². The maximum atomic E-state index is 11.7. The summed E-state index contributed by atoms with van der Waals surface area (Å²) in [4.78, 5) is 24.8. The molecule has 4 N–H and O–H groups in total. The molecule has 2 heterocycles. The smallest absolute Gasteiger partial charge is 0.234 e. The molecule has 2 aliphatic heterocycles. The van der Waals surface area contributed by atoms with Crippen LogP contribution in [0.15, 0.2) is 0 Å². The minimum absolute atomic E-state index is 0.00183. The van der Waals surface area contributed by atoms with E-state index in [2.05, 4.69) is 15.5 Å². The lowest BCUT2D eigenvalue weighted by Crippen LogP contribution is -2.46. The Kier molecular flexibility index (Phi) is 3.96. The fourth-order valence-electron chi connectivity index (χ4n) is 2.29. The third-order valence-electron chi connectivity index (χ3n) is 3.34. The van der Waals surface area contributed by atoms with Gasteiger partial charge in [0.25, 0.3) is 0 Å². The van der Waals surface area contributed by atoms with Crippen LogP contribution in [-0.4, -0.2) is 55.0 Å². The summed E-state index contributed by atoms with van der Waals surface area (Å²) in [7, 11) is 0. The Balaban J connectivity index is 1.68. The van der Waals surface area contributed by atoms with Crippen LogP contribution < -0.4 is 16.4 Å². The predicted octanol–water partition coefficient (Wildman–Crippen LogP) is -1.59. The first-order valence-electron chi connectivity index (χ1n) is 6.17. The summed E-state index contributed by atoms with van der Waals surface area (Å²) in [5, 5.41) is 5.57. The Morgan fingerprint density at radius 2 is 2.18 bits per heavy atom. The van der Waals surface area contributed by atoms with E-state index in [0.717, 1.165) is 25.9 Å². The van der Waals surface area contributed by atoms with Gasteiger partial charge in [-0.25, -0.2) is 0 Å². The van der Waals surface area contributed by atoms with Gasteiger partial charge in [0.15, 0.2) is 0 Å². The van der Waals surface area contributed by atoms with Gasteiger partial charge in [-0.05, 0) is 12.8 Å². The summed E-state index contributed by atoms with van der Waals surface area (Å²) in [6.07, 6.45) is 2.31. The Morgan fingerprint density at radius 1 is 1.47 bits per heavy atom. The van der Waals surface area contributed by atoms with Crippen LogP contribution in [0.5, 0.6) is 0 Å². The minimum Gasteiger partial charge on any atom is -0.354 e. The average molecular weight is 240 g/mol. The first-order valence-corrected chi connectivity index (χ1v) is 6.17. The number of carbonyl (C=O) groups excluding carboxylic acids is 2. The van der Waals surface area contributed by atoms with E-state index in [1.54, 1.807) is 0 Å². The van der Waals surface area contributed by atoms with Crippen LogP contribution in [0.1, 0.15) is 19.3 Å². The molecule has 2 amide bonds. The number of amides is 2. The van der Waals surface area contributed by atoms with Crippen molar-refractivity contribution in [2.45, 2.75) is 31.3 Å². The lowest BCUT2D eigenvalue weighted by Gasteiger charge is -2.29. The third-order valence-corrected chi connectivity index (χ3v) is 3.34. The van der Waals surface area contributed by atoms with Gasteiger partial charge in [-0.2, -0.15) is 0 Å². The van der Waals surface area contributed by atoms with Crippen molar-refractivity contribution in [1.29, 1.82) is 0 Å². The van der Waals surface area contributed by atoms with E-state index in [0.29, 0.717) is 19.5 Å². The fraction of sp³-hybridized carbons (Fsp3) is 0.818. The van der Waals surface area contributed by atoms with Crippen LogP contribution in [0, 0.1) is 0 Å². The second kappa shape index (κ2) is 5.46. The lowest BCUT2D eigenvalue weighted by molar-refractivity contribution is -0.123. The Morgan fingerprint density at radius 3 is 2.76 bits per heavy atom. The van der Waals surface area contributed by atoms with Gasteiger partial charge in [-0.3, -0.25) is 14.5 Å². The van der Waals surface area contributed by atoms with Crippen molar-refractivity contribution in [2.24, 2.45) is 5.73 Å². The van der Waals surface area contributed by atoms with Crippen LogP contribution in [0.25, 0.3) is 0 Å². The molecule has 0 aromatic heterocycles. The molecular weight excluding hydrogens is 220 g/mol. The zero-order valence-electron chi connectivity index (χ0n) is 9.95. The van der Waals surface area contributed by atoms with E-state index in [4.69, 9.17) is 5.73 Å². The summed E-state index contributed by atoms with van der Waals surface area (Å²) in [5.41, 5.74) is 5.80. The molecule has 0 aromatic carbocycles. The highest BCUT2D eigenvalue weighted by Crippen LogP contribution is 2.07. The van der Waals surface area contributed by atoms with Gasteiger partial charge in [0, 0.05) is 32.1 Å². The van der Waals surface area contributed by atoms with Gasteiger partial charge in [-0.1, -0.05) is 0 Å². The summed E-state index contributed by atoms with van der Waals surface area (Å²) in [6, 6.07) is 0.244. The molecule has 1 unspecified atom stereocenters. The van der Waals surface area contributed by atoms with Crippen LogP contribution in [0.2, 0.25) is 0 Å². The molecule has 0 spiro atoms. The SMILES string of the molecule is NC1CCN(CC(=O)NC2CNC(=O)C2)CC1. The number of rotatable bonds is 3. The first-order chi connectivity index (χ1) is 8.13. The van der Waals surface area contributed by atoms with Crippen molar-refractivity contribution in [2.75, 3.05) is 26.2 Å². The van der Waals surface area contributed by atoms with Crippen LogP contribution in [0.3, 0.4) is 0 Å². The molecule has 0 radical (unpaired) electrons. The molecule has 0 aliphatic carbocycles. The van der Waals surface area contributed by atoms with Gasteiger partial charge >= 0.3 is 0 Å². The van der Waals surface area contributed by atoms with Crippen molar-refractivity contribution in [3.8, 4) is 0 Å². The van der Waals surface area contributed by atoms with Gasteiger partial charge in [0.1, 0.15) is 0 Å². The maximum Gasteiger partial charge on any atom is 0.234 e. The summed E-state index contributed by atoms with van der Waals surface area (Å²) < 4.78 is 0. The quantitative estimate of drug-likeness (QED) is 0.555. The fourth-order valence-corrected chi connectivity index (χ4v) is 2.29. The zero-order valence-corrected chi connectivity index (χ0v) is 9.95. The standard InChI is InChI=1S/C11H20N4O2/c12-8-1-3-15(4-2-8)7-11(17)14-9-5-10(16)13-6-9/h8-9H,1-7,12H2,(H,13,16)(H,14,17). The summed E-state index contributed by atoms with van der Waals surface area (Å²) in [6.45, 7) is 2.74. The number of piperidine rings is 1. The van der Waals surface area contributed by atoms with Crippen molar-refractivity contribution >= 4 is 11.8 Å². The Labute approximate surface area is 101 Å². The zero-order chi connectivity index (χ0) is 12.3. The second-order valence-corrected chi connectivity index (χ2v) is 4.89. The van der Waals surface area contributed by atoms with E-state index in [1.807, 2.05) is 0 Å². The van der Waals surface area contributed by atoms with Crippen LogP contribution in [-0.2, 0) is 9.59 Å². The molecule has 17 heavy (non-hydrogen) atoms. The van der Waals surface area contributed by atoms with Gasteiger partial charge in [-0.15, -0.1) is 0 Å². The molecule has 6 heteroatoms. The largest absolute Gasteiger partial charge is 0.354 e. The van der Waals surface area contributed by atoms with E-state index in [-0.39, 0.29) is 23.9 Å². The monoisotopic (exact) mass is 240 g/mol. The first kappa shape index (κ1) is 12.3. The van der Waals surface area contributed by atoms with Crippen LogP contribution >= 0.6 is 0 Å². The molecule has 2 rings (SSSR count). The normalized spacial score (nSPS) is 26.9. The molecule has 2 fully saturated rings. The molecular formula is C11H20N4O2. The Bertz CT molecular complexity index is 300. The van der Waals surface area contributed by atoms with Gasteiger partial charge in [0.2, 0.25) is 11.8 Å². The number of hydrogen-bond donors (Lipinski definition) is 3. The van der Waals surface area contributed by atoms with Crippen LogP contribution in [0.4, 0.5) is 0 Å². The van der Waals surface area contributed by atoms with E-state index in [1.165, 1.54) is 0 Å².